The van der Waals surface area contributed by atoms with Crippen LogP contribution in [0.4, 0.5) is 5.69 Å². The predicted octanol–water partition coefficient (Wildman–Crippen LogP) is 2.18. The maximum Gasteiger partial charge on any atom is 0.309 e. The van der Waals surface area contributed by atoms with Gasteiger partial charge in [0, 0.05) is 6.20 Å². The van der Waals surface area contributed by atoms with Crippen molar-refractivity contribution in [3.8, 4) is 5.75 Å². The minimum absolute atomic E-state index is 0.168. The number of carbonyl (C=O) groups excluding carboxylic acids is 1. The van der Waals surface area contributed by atoms with Gasteiger partial charge in [-0.05, 0) is 24.3 Å². The number of ether oxygens (including phenoxy) is 2. The molecule has 0 bridgehead atoms. The van der Waals surface area contributed by atoms with Gasteiger partial charge >= 0.3 is 5.97 Å². The standard InChI is InChI=1S/C15H16N2O3/c16-13-6-1-2-7-14(13)19-10-8-15(18)20-11-12-5-3-4-9-17-12/h1-7,9H,8,10-11,16H2. The summed E-state index contributed by atoms with van der Waals surface area (Å²) in [5.41, 5.74) is 6.99. The molecule has 0 spiro atoms. The molecule has 5 nitrogen and oxygen atoms in total. The molecule has 0 aliphatic carbocycles. The summed E-state index contributed by atoms with van der Waals surface area (Å²) < 4.78 is 10.5. The summed E-state index contributed by atoms with van der Waals surface area (Å²) in [7, 11) is 0. The molecule has 0 saturated heterocycles. The molecule has 0 unspecified atom stereocenters. The molecular formula is C15H16N2O3. The van der Waals surface area contributed by atoms with Crippen LogP contribution in [-0.2, 0) is 16.1 Å². The Morgan fingerprint density at radius 3 is 2.70 bits per heavy atom. The fraction of sp³-hybridized carbons (Fsp3) is 0.200. The lowest BCUT2D eigenvalue weighted by molar-refractivity contribution is -0.145. The largest absolute Gasteiger partial charge is 0.491 e. The topological polar surface area (TPSA) is 74.4 Å². The highest BCUT2D eigenvalue weighted by Crippen LogP contribution is 2.19. The Morgan fingerprint density at radius 1 is 1.15 bits per heavy atom. The molecule has 0 radical (unpaired) electrons. The van der Waals surface area contributed by atoms with Crippen LogP contribution in [0.1, 0.15) is 12.1 Å². The Kier molecular flexibility index (Phi) is 4.94. The van der Waals surface area contributed by atoms with Gasteiger partial charge < -0.3 is 15.2 Å². The number of aromatic nitrogens is 1. The normalized spacial score (nSPS) is 10.0. The Hall–Kier alpha value is -2.56. The zero-order valence-electron chi connectivity index (χ0n) is 11.0. The van der Waals surface area contributed by atoms with Crippen LogP contribution < -0.4 is 10.5 Å². The SMILES string of the molecule is Nc1ccccc1OCCC(=O)OCc1ccccn1. The van der Waals surface area contributed by atoms with Gasteiger partial charge in [0.1, 0.15) is 12.4 Å². The van der Waals surface area contributed by atoms with Crippen molar-refractivity contribution in [1.82, 2.24) is 4.98 Å². The van der Waals surface area contributed by atoms with Crippen molar-refractivity contribution in [3.63, 3.8) is 0 Å². The van der Waals surface area contributed by atoms with Crippen molar-refractivity contribution in [2.24, 2.45) is 0 Å². The number of carbonyl (C=O) groups is 1. The van der Waals surface area contributed by atoms with Gasteiger partial charge in [0.15, 0.2) is 0 Å². The molecule has 5 heteroatoms. The minimum atomic E-state index is -0.329. The van der Waals surface area contributed by atoms with Crippen LogP contribution in [0.3, 0.4) is 0 Å². The number of benzene rings is 1. The number of nitrogen functional groups attached to an aromatic ring is 1. The monoisotopic (exact) mass is 272 g/mol. The number of anilines is 1. The second-order valence-corrected chi connectivity index (χ2v) is 4.12. The van der Waals surface area contributed by atoms with Crippen LogP contribution >= 0.6 is 0 Å². The van der Waals surface area contributed by atoms with E-state index in [0.717, 1.165) is 0 Å². The van der Waals surface area contributed by atoms with E-state index in [9.17, 15) is 4.79 Å². The van der Waals surface area contributed by atoms with Crippen molar-refractivity contribution in [1.29, 1.82) is 0 Å². The van der Waals surface area contributed by atoms with E-state index in [0.29, 0.717) is 17.1 Å². The van der Waals surface area contributed by atoms with Gasteiger partial charge in [0.05, 0.1) is 24.4 Å². The molecule has 0 fully saturated rings. The number of nitrogens with zero attached hydrogens (tertiary/aromatic N) is 1. The zero-order valence-corrected chi connectivity index (χ0v) is 11.0. The summed E-state index contributed by atoms with van der Waals surface area (Å²) in [6.45, 7) is 0.405. The molecule has 2 aromatic rings. The van der Waals surface area contributed by atoms with E-state index in [1.165, 1.54) is 0 Å². The van der Waals surface area contributed by atoms with Crippen LogP contribution in [0.5, 0.6) is 5.75 Å². The highest BCUT2D eigenvalue weighted by Gasteiger charge is 2.05. The first-order valence-electron chi connectivity index (χ1n) is 6.28. The average Bonchev–Trinajstić information content (AvgIpc) is 2.48. The number of pyridine rings is 1. The van der Waals surface area contributed by atoms with Gasteiger partial charge in [0.25, 0.3) is 0 Å². The number of para-hydroxylation sites is 2. The fourth-order valence-electron chi connectivity index (χ4n) is 1.57. The summed E-state index contributed by atoms with van der Waals surface area (Å²) in [4.78, 5) is 15.6. The molecule has 0 saturated carbocycles. The van der Waals surface area contributed by atoms with E-state index in [-0.39, 0.29) is 25.6 Å². The molecule has 0 amide bonds. The van der Waals surface area contributed by atoms with E-state index in [1.54, 1.807) is 24.4 Å². The molecule has 1 aromatic heterocycles. The van der Waals surface area contributed by atoms with Crippen molar-refractivity contribution >= 4 is 11.7 Å². The van der Waals surface area contributed by atoms with Crippen LogP contribution in [0.2, 0.25) is 0 Å². The molecule has 0 aliphatic heterocycles. The van der Waals surface area contributed by atoms with Crippen LogP contribution in [0.25, 0.3) is 0 Å². The summed E-state index contributed by atoms with van der Waals surface area (Å²) in [5, 5.41) is 0. The van der Waals surface area contributed by atoms with E-state index in [2.05, 4.69) is 4.98 Å². The van der Waals surface area contributed by atoms with Crippen molar-refractivity contribution in [3.05, 3.63) is 54.4 Å². The summed E-state index contributed by atoms with van der Waals surface area (Å²) >= 11 is 0. The second kappa shape index (κ2) is 7.13. The van der Waals surface area contributed by atoms with Gasteiger partial charge in [-0.25, -0.2) is 0 Å². The van der Waals surface area contributed by atoms with Gasteiger partial charge in [-0.2, -0.15) is 0 Å². The molecule has 20 heavy (non-hydrogen) atoms. The smallest absolute Gasteiger partial charge is 0.309 e. The third-order valence-electron chi connectivity index (χ3n) is 2.59. The van der Waals surface area contributed by atoms with Crippen LogP contribution in [0.15, 0.2) is 48.7 Å². The van der Waals surface area contributed by atoms with Crippen molar-refractivity contribution in [2.75, 3.05) is 12.3 Å². The van der Waals surface area contributed by atoms with E-state index in [4.69, 9.17) is 15.2 Å². The van der Waals surface area contributed by atoms with Gasteiger partial charge in [-0.15, -0.1) is 0 Å². The molecule has 1 heterocycles. The highest BCUT2D eigenvalue weighted by molar-refractivity contribution is 5.69. The van der Waals surface area contributed by atoms with Crippen molar-refractivity contribution < 1.29 is 14.3 Å². The van der Waals surface area contributed by atoms with Crippen LogP contribution in [0, 0.1) is 0 Å². The number of hydrogen-bond donors (Lipinski definition) is 1. The Labute approximate surface area is 117 Å². The van der Waals surface area contributed by atoms with E-state index < -0.39 is 0 Å². The first-order valence-corrected chi connectivity index (χ1v) is 6.28. The third-order valence-corrected chi connectivity index (χ3v) is 2.59. The summed E-state index contributed by atoms with van der Waals surface area (Å²) in [5.74, 6) is 0.246. The number of hydrogen-bond acceptors (Lipinski definition) is 5. The fourth-order valence-corrected chi connectivity index (χ4v) is 1.57. The summed E-state index contributed by atoms with van der Waals surface area (Å²) in [6.07, 6.45) is 1.83. The Morgan fingerprint density at radius 2 is 1.95 bits per heavy atom. The van der Waals surface area contributed by atoms with Crippen LogP contribution in [-0.4, -0.2) is 17.6 Å². The molecule has 104 valence electrons. The Bertz CT molecular complexity index is 558. The van der Waals surface area contributed by atoms with Crippen molar-refractivity contribution in [2.45, 2.75) is 13.0 Å². The molecular weight excluding hydrogens is 256 g/mol. The number of rotatable bonds is 6. The third kappa shape index (κ3) is 4.28. The quantitative estimate of drug-likeness (QED) is 0.644. The molecule has 2 rings (SSSR count). The van der Waals surface area contributed by atoms with Gasteiger partial charge in [-0.3, -0.25) is 9.78 Å². The molecule has 1 aromatic carbocycles. The van der Waals surface area contributed by atoms with E-state index in [1.807, 2.05) is 24.3 Å². The average molecular weight is 272 g/mol. The van der Waals surface area contributed by atoms with Gasteiger partial charge in [0.2, 0.25) is 0 Å². The zero-order chi connectivity index (χ0) is 14.2. The lowest BCUT2D eigenvalue weighted by Gasteiger charge is -2.08. The predicted molar refractivity (Wildman–Crippen MR) is 75.0 cm³/mol. The lowest BCUT2D eigenvalue weighted by Crippen LogP contribution is -2.10. The summed E-state index contributed by atoms with van der Waals surface area (Å²) in [6, 6.07) is 12.6. The van der Waals surface area contributed by atoms with E-state index >= 15 is 0 Å². The number of esters is 1. The first-order chi connectivity index (χ1) is 9.75. The van der Waals surface area contributed by atoms with Gasteiger partial charge in [-0.1, -0.05) is 18.2 Å². The number of nitrogens with two attached hydrogens (primary N) is 1. The Balaban J connectivity index is 1.69. The first kappa shape index (κ1) is 13.9. The highest BCUT2D eigenvalue weighted by atomic mass is 16.5. The minimum Gasteiger partial charge on any atom is -0.491 e. The maximum atomic E-state index is 11.5. The maximum absolute atomic E-state index is 11.5. The second-order valence-electron chi connectivity index (χ2n) is 4.12. The lowest BCUT2D eigenvalue weighted by atomic mass is 10.3. The molecule has 0 aliphatic rings. The molecule has 0 atom stereocenters. The molecule has 2 N–H and O–H groups in total.